The highest BCUT2D eigenvalue weighted by Crippen LogP contribution is 2.21. The fourth-order valence-corrected chi connectivity index (χ4v) is 10.5. The predicted molar refractivity (Wildman–Crippen MR) is 266 cm³/mol. The van der Waals surface area contributed by atoms with Crippen molar-refractivity contribution in [2.24, 2.45) is 0 Å². The average Bonchev–Trinajstić information content (AvgIpc) is 3.23. The van der Waals surface area contributed by atoms with Crippen LogP contribution in [0.15, 0.2) is 0 Å². The minimum atomic E-state index is -0.00602. The molecule has 0 saturated heterocycles. The van der Waals surface area contributed by atoms with E-state index in [0.29, 0.717) is 18.9 Å². The van der Waals surface area contributed by atoms with Crippen LogP contribution in [0.3, 0.4) is 0 Å². The van der Waals surface area contributed by atoms with Crippen LogP contribution in [0.1, 0.15) is 233 Å². The molecule has 2 atom stereocenters. The van der Waals surface area contributed by atoms with E-state index in [2.05, 4.69) is 39.6 Å². The van der Waals surface area contributed by atoms with Gasteiger partial charge in [-0.2, -0.15) is 35.3 Å². The van der Waals surface area contributed by atoms with Gasteiger partial charge in [0.1, 0.15) is 12.2 Å². The summed E-state index contributed by atoms with van der Waals surface area (Å²) < 4.78 is 12.2. The second kappa shape index (κ2) is 47.4. The van der Waals surface area contributed by atoms with Crippen LogP contribution in [0, 0.1) is 0 Å². The number of hydrogen-bond donors (Lipinski definition) is 1. The Labute approximate surface area is 380 Å². The molecule has 9 heteroatoms. The number of hydrogen-bond acceptors (Lipinski definition) is 9. The van der Waals surface area contributed by atoms with Crippen molar-refractivity contribution in [2.45, 2.75) is 251 Å². The van der Waals surface area contributed by atoms with Gasteiger partial charge in [0, 0.05) is 48.4 Å². The molecule has 0 aliphatic heterocycles. The number of carbonyl (C=O) groups excluding carboxylic acids is 2. The molecular formula is C50H99NO5S3. The van der Waals surface area contributed by atoms with Crippen molar-refractivity contribution in [3.63, 3.8) is 0 Å². The Morgan fingerprint density at radius 2 is 0.831 bits per heavy atom. The maximum absolute atomic E-state index is 12.9. The van der Waals surface area contributed by atoms with Gasteiger partial charge < -0.3 is 19.5 Å². The van der Waals surface area contributed by atoms with E-state index in [-0.39, 0.29) is 30.8 Å². The zero-order chi connectivity index (χ0) is 43.3. The van der Waals surface area contributed by atoms with E-state index >= 15 is 0 Å². The van der Waals surface area contributed by atoms with Gasteiger partial charge >= 0.3 is 11.9 Å². The second-order valence-corrected chi connectivity index (χ2v) is 20.8. The normalized spacial score (nSPS) is 13.2. The van der Waals surface area contributed by atoms with Gasteiger partial charge in [-0.15, -0.1) is 0 Å². The number of unbranched alkanes of at least 4 members (excludes halogenated alkanes) is 20. The van der Waals surface area contributed by atoms with E-state index in [4.69, 9.17) is 9.47 Å². The molecule has 0 aliphatic carbocycles. The number of aliphatic hydroxyl groups is 1. The zero-order valence-electron chi connectivity index (χ0n) is 39.8. The van der Waals surface area contributed by atoms with E-state index in [9.17, 15) is 14.7 Å². The SMILES string of the molecule is CCCCCCCCSCC(CCCCCC)OC(=O)CCCCCC(CCCCCC(=O)OC(CCCCCC)CSCCCCCCCC)N(C)CCSCCO. The second-order valence-electron chi connectivity index (χ2n) is 17.3. The van der Waals surface area contributed by atoms with Crippen molar-refractivity contribution in [3.05, 3.63) is 0 Å². The van der Waals surface area contributed by atoms with E-state index in [1.807, 2.05) is 35.3 Å². The standard InChI is InChI=1S/C50H99NO5S3/c1-6-10-14-18-20-30-40-58-44-47(34-26-16-12-8-3)55-49(53)36-28-22-24-32-46(51(5)38-42-57-43-39-52)33-25-23-29-37-50(54)56-48(35-27-17-13-9-4)45-59-41-31-21-19-15-11-7-2/h46-48,52H,6-45H2,1-5H3. The van der Waals surface area contributed by atoms with E-state index < -0.39 is 0 Å². The molecule has 0 aromatic carbocycles. The van der Waals surface area contributed by atoms with Crippen molar-refractivity contribution in [2.75, 3.05) is 54.7 Å². The molecule has 0 radical (unpaired) electrons. The highest BCUT2D eigenvalue weighted by Gasteiger charge is 2.18. The molecule has 0 amide bonds. The van der Waals surface area contributed by atoms with Gasteiger partial charge in [0.25, 0.3) is 0 Å². The monoisotopic (exact) mass is 890 g/mol. The summed E-state index contributed by atoms with van der Waals surface area (Å²) in [6.07, 6.45) is 37.2. The predicted octanol–water partition coefficient (Wildman–Crippen LogP) is 14.9. The Hall–Kier alpha value is -0.0900. The number of ether oxygens (including phenoxy) is 2. The molecule has 1 N–H and O–H groups in total. The van der Waals surface area contributed by atoms with Gasteiger partial charge in [0.15, 0.2) is 0 Å². The smallest absolute Gasteiger partial charge is 0.306 e. The van der Waals surface area contributed by atoms with Crippen molar-refractivity contribution < 1.29 is 24.2 Å². The van der Waals surface area contributed by atoms with E-state index in [1.54, 1.807) is 0 Å². The Balaban J connectivity index is 4.73. The first-order valence-electron chi connectivity index (χ1n) is 25.3. The zero-order valence-corrected chi connectivity index (χ0v) is 42.2. The maximum atomic E-state index is 12.9. The van der Waals surface area contributed by atoms with Gasteiger partial charge in [-0.05, 0) is 82.8 Å². The Bertz CT molecular complexity index is 823. The summed E-state index contributed by atoms with van der Waals surface area (Å²) in [4.78, 5) is 28.4. The molecule has 0 saturated carbocycles. The van der Waals surface area contributed by atoms with E-state index in [1.165, 1.54) is 127 Å². The minimum Gasteiger partial charge on any atom is -0.461 e. The molecular weight excluding hydrogens is 791 g/mol. The number of thioether (sulfide) groups is 3. The lowest BCUT2D eigenvalue weighted by Gasteiger charge is -2.28. The number of nitrogens with zero attached hydrogens (tertiary/aromatic N) is 1. The highest BCUT2D eigenvalue weighted by atomic mass is 32.2. The molecule has 0 aromatic heterocycles. The number of esters is 2. The summed E-state index contributed by atoms with van der Waals surface area (Å²) in [6, 6.07) is 0.496. The van der Waals surface area contributed by atoms with Crippen LogP contribution in [0.4, 0.5) is 0 Å². The van der Waals surface area contributed by atoms with Crippen LogP contribution in [0.25, 0.3) is 0 Å². The Kier molecular flexibility index (Phi) is 47.3. The van der Waals surface area contributed by atoms with Gasteiger partial charge in [-0.1, -0.05) is 156 Å². The number of aliphatic hydroxyl groups excluding tert-OH is 1. The van der Waals surface area contributed by atoms with Crippen molar-refractivity contribution in [3.8, 4) is 0 Å². The molecule has 0 rings (SSSR count). The van der Waals surface area contributed by atoms with E-state index in [0.717, 1.165) is 107 Å². The topological polar surface area (TPSA) is 76.1 Å². The summed E-state index contributed by atoms with van der Waals surface area (Å²) in [6.45, 7) is 10.3. The molecule has 0 aliphatic rings. The van der Waals surface area contributed by atoms with Gasteiger partial charge in [0.05, 0.1) is 6.61 Å². The minimum absolute atomic E-state index is 0.00602. The molecule has 0 spiro atoms. The molecule has 6 nitrogen and oxygen atoms in total. The summed E-state index contributed by atoms with van der Waals surface area (Å²) >= 11 is 5.78. The lowest BCUT2D eigenvalue weighted by Crippen LogP contribution is -2.33. The molecule has 0 fully saturated rings. The highest BCUT2D eigenvalue weighted by molar-refractivity contribution is 7.99. The first-order chi connectivity index (χ1) is 28.9. The van der Waals surface area contributed by atoms with Crippen LogP contribution in [-0.2, 0) is 19.1 Å². The third-order valence-corrected chi connectivity index (χ3v) is 14.8. The molecule has 2 unspecified atom stereocenters. The summed E-state index contributed by atoms with van der Waals surface area (Å²) in [7, 11) is 2.25. The Morgan fingerprint density at radius 3 is 1.25 bits per heavy atom. The summed E-state index contributed by atoms with van der Waals surface area (Å²) in [5.41, 5.74) is 0. The van der Waals surface area contributed by atoms with Crippen LogP contribution in [0.2, 0.25) is 0 Å². The lowest BCUT2D eigenvalue weighted by atomic mass is 9.99. The summed E-state index contributed by atoms with van der Waals surface area (Å²) in [5.74, 6) is 6.04. The molecule has 0 heterocycles. The van der Waals surface area contributed by atoms with Crippen molar-refractivity contribution in [1.82, 2.24) is 4.90 Å². The van der Waals surface area contributed by atoms with Crippen molar-refractivity contribution >= 4 is 47.2 Å². The van der Waals surface area contributed by atoms with Gasteiger partial charge in [0.2, 0.25) is 0 Å². The average molecular weight is 891 g/mol. The van der Waals surface area contributed by atoms with Gasteiger partial charge in [-0.3, -0.25) is 9.59 Å². The molecule has 59 heavy (non-hydrogen) atoms. The molecule has 0 bridgehead atoms. The van der Waals surface area contributed by atoms with Crippen LogP contribution in [0.5, 0.6) is 0 Å². The first kappa shape index (κ1) is 58.9. The lowest BCUT2D eigenvalue weighted by molar-refractivity contribution is -0.149. The van der Waals surface area contributed by atoms with Crippen molar-refractivity contribution in [1.29, 1.82) is 0 Å². The molecule has 352 valence electrons. The third kappa shape index (κ3) is 41.7. The molecule has 0 aromatic rings. The number of rotatable bonds is 48. The maximum Gasteiger partial charge on any atom is 0.306 e. The van der Waals surface area contributed by atoms with Crippen LogP contribution < -0.4 is 0 Å². The first-order valence-corrected chi connectivity index (χ1v) is 28.8. The Morgan fingerprint density at radius 1 is 0.458 bits per heavy atom. The van der Waals surface area contributed by atoms with Crippen LogP contribution in [-0.4, -0.2) is 94.9 Å². The fraction of sp³-hybridized carbons (Fsp3) is 0.960. The summed E-state index contributed by atoms with van der Waals surface area (Å²) in [5, 5.41) is 9.24. The quantitative estimate of drug-likeness (QED) is 0.0475. The van der Waals surface area contributed by atoms with Gasteiger partial charge in [-0.25, -0.2) is 0 Å². The fourth-order valence-electron chi connectivity index (χ4n) is 7.63. The third-order valence-electron chi connectivity index (χ3n) is 11.5. The largest absolute Gasteiger partial charge is 0.461 e. The number of carbonyl (C=O) groups is 2. The van der Waals surface area contributed by atoms with Crippen LogP contribution >= 0.6 is 35.3 Å².